The Kier molecular flexibility index (Phi) is 6.43. The van der Waals surface area contributed by atoms with E-state index < -0.39 is 0 Å². The van der Waals surface area contributed by atoms with Crippen molar-refractivity contribution in [3.63, 3.8) is 0 Å². The van der Waals surface area contributed by atoms with Crippen LogP contribution in [0.5, 0.6) is 0 Å². The van der Waals surface area contributed by atoms with E-state index in [0.717, 1.165) is 36.5 Å². The standard InChI is InChI=1S/C22H31N5OS/c1-16-10-13-26(14-11-16)21-24-25-22(27(21)19-7-8-19)29-15-20(28)23-12-9-18-6-4-3-5-17(18)2/h3-6,16,19H,7-15H2,1-2H3,(H,23,28). The second-order valence-electron chi connectivity index (χ2n) is 8.37. The molecule has 1 saturated carbocycles. The van der Waals surface area contributed by atoms with Gasteiger partial charge in [-0.3, -0.25) is 9.36 Å². The Balaban J connectivity index is 1.30. The Morgan fingerprint density at radius 2 is 1.93 bits per heavy atom. The molecule has 1 aliphatic heterocycles. The highest BCUT2D eigenvalue weighted by molar-refractivity contribution is 7.99. The highest BCUT2D eigenvalue weighted by Gasteiger charge is 2.32. The fourth-order valence-electron chi connectivity index (χ4n) is 3.85. The molecular weight excluding hydrogens is 382 g/mol. The summed E-state index contributed by atoms with van der Waals surface area (Å²) in [6, 6.07) is 8.83. The molecule has 2 aliphatic rings. The molecule has 0 radical (unpaired) electrons. The average Bonchev–Trinajstić information content (AvgIpc) is 3.47. The van der Waals surface area contributed by atoms with Crippen LogP contribution in [-0.2, 0) is 11.2 Å². The van der Waals surface area contributed by atoms with Gasteiger partial charge in [0.2, 0.25) is 11.9 Å². The van der Waals surface area contributed by atoms with Crippen LogP contribution in [0.2, 0.25) is 0 Å². The monoisotopic (exact) mass is 413 g/mol. The molecule has 0 unspecified atom stereocenters. The van der Waals surface area contributed by atoms with Gasteiger partial charge in [-0.2, -0.15) is 0 Å². The number of piperidine rings is 1. The SMILES string of the molecule is Cc1ccccc1CCNC(=O)CSc1nnc(N2CCC(C)CC2)n1C1CC1. The third kappa shape index (κ3) is 5.13. The number of benzene rings is 1. The molecule has 7 heteroatoms. The number of aryl methyl sites for hydroxylation is 1. The summed E-state index contributed by atoms with van der Waals surface area (Å²) >= 11 is 1.51. The van der Waals surface area contributed by atoms with E-state index in [2.05, 4.69) is 51.0 Å². The summed E-state index contributed by atoms with van der Waals surface area (Å²) in [5.74, 6) is 2.24. The number of hydrogen-bond acceptors (Lipinski definition) is 5. The molecule has 6 nitrogen and oxygen atoms in total. The van der Waals surface area contributed by atoms with E-state index in [0.29, 0.717) is 18.3 Å². The van der Waals surface area contributed by atoms with Gasteiger partial charge in [0.25, 0.3) is 0 Å². The molecule has 4 rings (SSSR count). The molecule has 1 amide bonds. The molecule has 1 aromatic carbocycles. The highest BCUT2D eigenvalue weighted by Crippen LogP contribution is 2.41. The van der Waals surface area contributed by atoms with Crippen molar-refractivity contribution in [3.05, 3.63) is 35.4 Å². The Labute approximate surface area is 177 Å². The lowest BCUT2D eigenvalue weighted by Crippen LogP contribution is -2.34. The zero-order valence-corrected chi connectivity index (χ0v) is 18.2. The Hall–Kier alpha value is -2.02. The number of thioether (sulfide) groups is 1. The van der Waals surface area contributed by atoms with Gasteiger partial charge in [0.15, 0.2) is 5.16 Å². The van der Waals surface area contributed by atoms with Crippen LogP contribution in [0, 0.1) is 12.8 Å². The second-order valence-corrected chi connectivity index (χ2v) is 9.31. The summed E-state index contributed by atoms with van der Waals surface area (Å²) in [6.45, 7) is 7.20. The first kappa shape index (κ1) is 20.3. The molecule has 1 saturated heterocycles. The first-order chi connectivity index (χ1) is 14.1. The molecule has 0 spiro atoms. The molecule has 0 bridgehead atoms. The smallest absolute Gasteiger partial charge is 0.230 e. The molecule has 1 N–H and O–H groups in total. The van der Waals surface area contributed by atoms with Crippen LogP contribution in [0.1, 0.15) is 49.8 Å². The molecule has 156 valence electrons. The maximum atomic E-state index is 12.3. The first-order valence-electron chi connectivity index (χ1n) is 10.8. The molecule has 2 fully saturated rings. The summed E-state index contributed by atoms with van der Waals surface area (Å²) in [5, 5.41) is 12.9. The Morgan fingerprint density at radius 3 is 2.66 bits per heavy atom. The van der Waals surface area contributed by atoms with Crippen LogP contribution in [-0.4, -0.2) is 46.1 Å². The lowest BCUT2D eigenvalue weighted by molar-refractivity contribution is -0.118. The molecule has 1 aromatic heterocycles. The predicted molar refractivity (Wildman–Crippen MR) is 118 cm³/mol. The van der Waals surface area contributed by atoms with Crippen LogP contribution in [0.25, 0.3) is 0 Å². The number of nitrogens with one attached hydrogen (secondary N) is 1. The van der Waals surface area contributed by atoms with Crippen molar-refractivity contribution in [2.75, 3.05) is 30.3 Å². The Morgan fingerprint density at radius 1 is 1.17 bits per heavy atom. The van der Waals surface area contributed by atoms with Gasteiger partial charge >= 0.3 is 0 Å². The lowest BCUT2D eigenvalue weighted by atomic mass is 10.00. The zero-order chi connectivity index (χ0) is 20.2. The van der Waals surface area contributed by atoms with Crippen molar-refractivity contribution in [2.45, 2.75) is 57.1 Å². The van der Waals surface area contributed by atoms with Crippen molar-refractivity contribution < 1.29 is 4.79 Å². The van der Waals surface area contributed by atoms with Crippen LogP contribution in [0.3, 0.4) is 0 Å². The van der Waals surface area contributed by atoms with Crippen LogP contribution in [0.4, 0.5) is 5.95 Å². The van der Waals surface area contributed by atoms with E-state index in [4.69, 9.17) is 0 Å². The molecule has 2 aromatic rings. The lowest BCUT2D eigenvalue weighted by Gasteiger charge is -2.31. The summed E-state index contributed by atoms with van der Waals surface area (Å²) < 4.78 is 2.28. The second kappa shape index (κ2) is 9.20. The normalized spacial score (nSPS) is 17.5. The minimum Gasteiger partial charge on any atom is -0.355 e. The number of anilines is 1. The van der Waals surface area contributed by atoms with E-state index in [1.165, 1.54) is 48.6 Å². The van der Waals surface area contributed by atoms with Gasteiger partial charge < -0.3 is 10.2 Å². The van der Waals surface area contributed by atoms with Gasteiger partial charge in [0.05, 0.1) is 5.75 Å². The maximum Gasteiger partial charge on any atom is 0.230 e. The van der Waals surface area contributed by atoms with Gasteiger partial charge in [-0.15, -0.1) is 10.2 Å². The molecule has 1 aliphatic carbocycles. The summed E-state index contributed by atoms with van der Waals surface area (Å²) in [6.07, 6.45) is 5.66. The number of amides is 1. The highest BCUT2D eigenvalue weighted by atomic mass is 32.2. The zero-order valence-electron chi connectivity index (χ0n) is 17.4. The number of nitrogens with zero attached hydrogens (tertiary/aromatic N) is 4. The summed E-state index contributed by atoms with van der Waals surface area (Å²) in [7, 11) is 0. The van der Waals surface area contributed by atoms with Crippen molar-refractivity contribution in [2.24, 2.45) is 5.92 Å². The van der Waals surface area contributed by atoms with Crippen molar-refractivity contribution in [3.8, 4) is 0 Å². The molecule has 2 heterocycles. The average molecular weight is 414 g/mol. The van der Waals surface area contributed by atoms with Crippen LogP contribution < -0.4 is 10.2 Å². The van der Waals surface area contributed by atoms with Gasteiger partial charge in [0, 0.05) is 25.7 Å². The number of carbonyl (C=O) groups is 1. The van der Waals surface area contributed by atoms with Gasteiger partial charge in [0.1, 0.15) is 0 Å². The van der Waals surface area contributed by atoms with Gasteiger partial charge in [-0.05, 0) is 56.1 Å². The number of aromatic nitrogens is 3. The molecule has 29 heavy (non-hydrogen) atoms. The first-order valence-corrected chi connectivity index (χ1v) is 11.7. The van der Waals surface area contributed by atoms with Crippen molar-refractivity contribution in [1.82, 2.24) is 20.1 Å². The Bertz CT molecular complexity index is 839. The summed E-state index contributed by atoms with van der Waals surface area (Å²) in [5.41, 5.74) is 2.56. The predicted octanol–water partition coefficient (Wildman–Crippen LogP) is 3.61. The van der Waals surface area contributed by atoms with E-state index in [1.807, 2.05) is 12.1 Å². The topological polar surface area (TPSA) is 63.1 Å². The fraction of sp³-hybridized carbons (Fsp3) is 0.591. The quantitative estimate of drug-likeness (QED) is 0.670. The third-order valence-corrected chi connectivity index (χ3v) is 6.88. The van der Waals surface area contributed by atoms with Crippen LogP contribution >= 0.6 is 11.8 Å². The van der Waals surface area contributed by atoms with Gasteiger partial charge in [-0.25, -0.2) is 0 Å². The number of carbonyl (C=O) groups excluding carboxylic acids is 1. The number of hydrogen-bond donors (Lipinski definition) is 1. The van der Waals surface area contributed by atoms with Crippen LogP contribution in [0.15, 0.2) is 29.4 Å². The maximum absolute atomic E-state index is 12.3. The largest absolute Gasteiger partial charge is 0.355 e. The minimum absolute atomic E-state index is 0.0577. The van der Waals surface area contributed by atoms with Crippen molar-refractivity contribution in [1.29, 1.82) is 0 Å². The molecular formula is C22H31N5OS. The van der Waals surface area contributed by atoms with E-state index in [1.54, 1.807) is 0 Å². The molecule has 0 atom stereocenters. The van der Waals surface area contributed by atoms with E-state index in [9.17, 15) is 4.79 Å². The fourth-order valence-corrected chi connectivity index (χ4v) is 4.68. The minimum atomic E-state index is 0.0577. The van der Waals surface area contributed by atoms with Crippen molar-refractivity contribution >= 4 is 23.6 Å². The van der Waals surface area contributed by atoms with E-state index in [-0.39, 0.29) is 5.91 Å². The number of rotatable bonds is 8. The van der Waals surface area contributed by atoms with E-state index >= 15 is 0 Å². The third-order valence-electron chi connectivity index (χ3n) is 5.94. The summed E-state index contributed by atoms with van der Waals surface area (Å²) in [4.78, 5) is 14.7. The van der Waals surface area contributed by atoms with Gasteiger partial charge in [-0.1, -0.05) is 43.0 Å².